The van der Waals surface area contributed by atoms with E-state index in [1.807, 2.05) is 13.1 Å². The number of nitrogens with zero attached hydrogens (tertiary/aromatic N) is 3. The second kappa shape index (κ2) is 8.13. The molecule has 0 aliphatic carbocycles. The van der Waals surface area contributed by atoms with Gasteiger partial charge in [0.15, 0.2) is 0 Å². The van der Waals surface area contributed by atoms with Gasteiger partial charge in [0.2, 0.25) is 10.0 Å². The van der Waals surface area contributed by atoms with Gasteiger partial charge >= 0.3 is 0 Å². The van der Waals surface area contributed by atoms with E-state index in [0.29, 0.717) is 0 Å². The molecule has 2 heterocycles. The van der Waals surface area contributed by atoms with E-state index in [4.69, 9.17) is 5.14 Å². The van der Waals surface area contributed by atoms with E-state index in [2.05, 4.69) is 58.0 Å². The molecule has 8 heteroatoms. The first-order chi connectivity index (χ1) is 14.8. The molecule has 0 aliphatic heterocycles. The zero-order valence-electron chi connectivity index (χ0n) is 17.7. The minimum absolute atomic E-state index is 0.0794. The van der Waals surface area contributed by atoms with Crippen molar-refractivity contribution in [3.05, 3.63) is 72.1 Å². The molecular formula is C23H25N5O2S. The Morgan fingerprint density at radius 2 is 1.84 bits per heavy atom. The Kier molecular flexibility index (Phi) is 5.51. The van der Waals surface area contributed by atoms with E-state index in [1.54, 1.807) is 18.5 Å². The maximum absolute atomic E-state index is 11.5. The molecule has 3 N–H and O–H groups in total. The lowest BCUT2D eigenvalue weighted by molar-refractivity contribution is 0.598. The Morgan fingerprint density at radius 3 is 2.52 bits per heavy atom. The number of rotatable bonds is 6. The monoisotopic (exact) mass is 435 g/mol. The van der Waals surface area contributed by atoms with Crippen LogP contribution >= 0.6 is 0 Å². The number of aromatic nitrogens is 3. The van der Waals surface area contributed by atoms with Crippen molar-refractivity contribution in [2.24, 2.45) is 5.14 Å². The number of nitrogens with two attached hydrogens (primary N) is 1. The molecule has 4 aromatic rings. The van der Waals surface area contributed by atoms with Crippen LogP contribution in [-0.2, 0) is 16.4 Å². The number of hydrogen-bond donors (Lipinski definition) is 2. The zero-order chi connectivity index (χ0) is 22.2. The van der Waals surface area contributed by atoms with Crippen LogP contribution in [0, 0.1) is 0 Å². The van der Waals surface area contributed by atoms with Crippen LogP contribution in [0.25, 0.3) is 22.3 Å². The van der Waals surface area contributed by atoms with E-state index in [0.717, 1.165) is 34.5 Å². The lowest BCUT2D eigenvalue weighted by Crippen LogP contribution is -2.23. The summed E-state index contributed by atoms with van der Waals surface area (Å²) in [6.45, 7) is 4.31. The molecule has 4 rings (SSSR count). The van der Waals surface area contributed by atoms with Gasteiger partial charge < -0.3 is 9.88 Å². The highest BCUT2D eigenvalue weighted by molar-refractivity contribution is 7.89. The first-order valence-electron chi connectivity index (χ1n) is 10.1. The number of nitrogens with one attached hydrogen (secondary N) is 1. The summed E-state index contributed by atoms with van der Waals surface area (Å²) in [4.78, 5) is 14.4. The van der Waals surface area contributed by atoms with Crippen LogP contribution in [0.2, 0.25) is 0 Å². The fourth-order valence-electron chi connectivity index (χ4n) is 3.67. The van der Waals surface area contributed by atoms with Gasteiger partial charge in [-0.15, -0.1) is 0 Å². The Balaban J connectivity index is 1.70. The minimum Gasteiger partial charge on any atom is -0.352 e. The van der Waals surface area contributed by atoms with Crippen LogP contribution in [0.5, 0.6) is 0 Å². The average molecular weight is 436 g/mol. The van der Waals surface area contributed by atoms with E-state index in [9.17, 15) is 8.42 Å². The Labute approximate surface area is 182 Å². The lowest BCUT2D eigenvalue weighted by atomic mass is 10.0. The van der Waals surface area contributed by atoms with Crippen molar-refractivity contribution >= 4 is 26.9 Å². The quantitative estimate of drug-likeness (QED) is 0.476. The molecule has 2 aromatic carbocycles. The molecule has 31 heavy (non-hydrogen) atoms. The molecule has 0 fully saturated rings. The summed E-state index contributed by atoms with van der Waals surface area (Å²) in [5.74, 6) is 0.822. The molecule has 0 spiro atoms. The van der Waals surface area contributed by atoms with Gasteiger partial charge in [-0.25, -0.2) is 23.5 Å². The van der Waals surface area contributed by atoms with Crippen molar-refractivity contribution in [2.45, 2.75) is 31.2 Å². The smallest absolute Gasteiger partial charge is 0.238 e. The summed E-state index contributed by atoms with van der Waals surface area (Å²) < 4.78 is 23.0. The highest BCUT2D eigenvalue weighted by atomic mass is 32.2. The maximum Gasteiger partial charge on any atom is 0.238 e. The second-order valence-electron chi connectivity index (χ2n) is 7.60. The molecule has 0 bridgehead atoms. The number of aromatic amines is 1. The number of hydrogen-bond acceptors (Lipinski definition) is 5. The van der Waals surface area contributed by atoms with E-state index in [-0.39, 0.29) is 10.9 Å². The first-order valence-corrected chi connectivity index (χ1v) is 11.6. The van der Waals surface area contributed by atoms with Gasteiger partial charge in [0, 0.05) is 12.7 Å². The average Bonchev–Trinajstić information content (AvgIpc) is 3.22. The van der Waals surface area contributed by atoms with Gasteiger partial charge in [-0.1, -0.05) is 43.3 Å². The van der Waals surface area contributed by atoms with Gasteiger partial charge in [0.25, 0.3) is 0 Å². The molecule has 0 amide bonds. The van der Waals surface area contributed by atoms with Crippen molar-refractivity contribution in [3.8, 4) is 11.3 Å². The van der Waals surface area contributed by atoms with E-state index in [1.165, 1.54) is 23.3 Å². The third-order valence-electron chi connectivity index (χ3n) is 5.66. The largest absolute Gasteiger partial charge is 0.352 e. The van der Waals surface area contributed by atoms with Gasteiger partial charge in [0.1, 0.15) is 17.8 Å². The second-order valence-corrected chi connectivity index (χ2v) is 9.16. The predicted molar refractivity (Wildman–Crippen MR) is 123 cm³/mol. The van der Waals surface area contributed by atoms with E-state index >= 15 is 0 Å². The van der Waals surface area contributed by atoms with Crippen LogP contribution in [0.1, 0.15) is 31.0 Å². The Bertz CT molecular complexity index is 1330. The van der Waals surface area contributed by atoms with Crippen molar-refractivity contribution in [3.63, 3.8) is 0 Å². The number of anilines is 1. The Hall–Kier alpha value is -3.23. The number of primary sulfonamides is 1. The van der Waals surface area contributed by atoms with Gasteiger partial charge in [-0.05, 0) is 48.2 Å². The van der Waals surface area contributed by atoms with Crippen LogP contribution in [0.15, 0.2) is 65.8 Å². The summed E-state index contributed by atoms with van der Waals surface area (Å²) in [7, 11) is -1.70. The van der Waals surface area contributed by atoms with Crippen molar-refractivity contribution in [1.29, 1.82) is 0 Å². The summed E-state index contributed by atoms with van der Waals surface area (Å²) in [5, 5.41) is 6.09. The molecule has 2 aromatic heterocycles. The zero-order valence-corrected chi connectivity index (χ0v) is 18.5. The molecule has 1 unspecified atom stereocenters. The molecule has 160 valence electrons. The molecule has 1 atom stereocenters. The maximum atomic E-state index is 11.5. The number of benzene rings is 2. The van der Waals surface area contributed by atoms with Crippen LogP contribution < -0.4 is 10.0 Å². The lowest BCUT2D eigenvalue weighted by Gasteiger charge is -2.27. The highest BCUT2D eigenvalue weighted by Crippen LogP contribution is 2.32. The summed E-state index contributed by atoms with van der Waals surface area (Å²) in [5.41, 5.74) is 4.91. The number of aryl methyl sites for hydroxylation is 1. The Morgan fingerprint density at radius 1 is 1.10 bits per heavy atom. The molecule has 7 nitrogen and oxygen atoms in total. The van der Waals surface area contributed by atoms with Gasteiger partial charge in [-0.3, -0.25) is 0 Å². The standard InChI is InChI=1S/C23H25N5O2S/c1-4-16-6-5-7-18(12-16)15(2)28(3)23-20-13-21(27-22(20)25-14-26-23)17-8-10-19(11-9-17)31(24,29)30/h5-15H,4H2,1-3H3,(H2,24,29,30)(H,25,26,27). The van der Waals surface area contributed by atoms with Crippen molar-refractivity contribution in [2.75, 3.05) is 11.9 Å². The fraction of sp³-hybridized carbons (Fsp3) is 0.217. The van der Waals surface area contributed by atoms with Crippen LogP contribution in [0.4, 0.5) is 5.82 Å². The topological polar surface area (TPSA) is 105 Å². The fourth-order valence-corrected chi connectivity index (χ4v) is 4.18. The van der Waals surface area contributed by atoms with Crippen LogP contribution in [-0.4, -0.2) is 30.4 Å². The predicted octanol–water partition coefficient (Wildman–Crippen LogP) is 4.03. The molecule has 0 saturated carbocycles. The first kappa shape index (κ1) is 21.0. The third-order valence-corrected chi connectivity index (χ3v) is 6.58. The normalized spacial score (nSPS) is 12.8. The summed E-state index contributed by atoms with van der Waals surface area (Å²) >= 11 is 0. The third kappa shape index (κ3) is 4.17. The molecule has 0 saturated heterocycles. The minimum atomic E-state index is -3.72. The SMILES string of the molecule is CCc1cccc(C(C)N(C)c2ncnc3[nH]c(-c4ccc(S(N)(=O)=O)cc4)cc23)c1. The van der Waals surface area contributed by atoms with Gasteiger partial charge in [-0.2, -0.15) is 0 Å². The molecule has 0 aliphatic rings. The van der Waals surface area contributed by atoms with Crippen LogP contribution in [0.3, 0.4) is 0 Å². The number of sulfonamides is 1. The van der Waals surface area contributed by atoms with Crippen molar-refractivity contribution < 1.29 is 8.42 Å². The summed E-state index contributed by atoms with van der Waals surface area (Å²) in [6.07, 6.45) is 2.54. The molecule has 0 radical (unpaired) electrons. The van der Waals surface area contributed by atoms with Crippen molar-refractivity contribution in [1.82, 2.24) is 15.0 Å². The highest BCUT2D eigenvalue weighted by Gasteiger charge is 2.18. The number of H-pyrrole nitrogens is 1. The summed E-state index contributed by atoms with van der Waals surface area (Å²) in [6, 6.07) is 17.1. The number of fused-ring (bicyclic) bond motifs is 1. The van der Waals surface area contributed by atoms with E-state index < -0.39 is 10.0 Å². The molecular weight excluding hydrogens is 410 g/mol. The van der Waals surface area contributed by atoms with Gasteiger partial charge in [0.05, 0.1) is 16.3 Å².